The molecule has 0 fully saturated rings. The zero-order chi connectivity index (χ0) is 24.7. The molecule has 174 valence electrons. The van der Waals surface area contributed by atoms with E-state index in [0.29, 0.717) is 27.9 Å². The van der Waals surface area contributed by atoms with Crippen molar-refractivity contribution in [3.05, 3.63) is 64.3 Å². The maximum absolute atomic E-state index is 12.1. The number of phenols is 2. The summed E-state index contributed by atoms with van der Waals surface area (Å²) in [5.41, 5.74) is 3.92. The second-order valence-corrected chi connectivity index (χ2v) is 8.11. The van der Waals surface area contributed by atoms with Crippen LogP contribution in [0.2, 0.25) is 0 Å². The Labute approximate surface area is 193 Å². The molecule has 2 aromatic carbocycles. The van der Waals surface area contributed by atoms with Crippen LogP contribution in [-0.4, -0.2) is 50.0 Å². The molecule has 0 saturated carbocycles. The number of aromatic hydroxyl groups is 2. The van der Waals surface area contributed by atoms with Gasteiger partial charge < -0.3 is 29.9 Å². The van der Waals surface area contributed by atoms with Crippen molar-refractivity contribution in [1.82, 2.24) is 4.57 Å². The number of carbonyl (C=O) groups is 2. The van der Waals surface area contributed by atoms with E-state index in [1.165, 1.54) is 18.2 Å². The number of benzene rings is 3. The number of hydrogen-bond acceptors (Lipinski definition) is 6. The van der Waals surface area contributed by atoms with Crippen molar-refractivity contribution in [2.45, 2.75) is 6.92 Å². The van der Waals surface area contributed by atoms with Gasteiger partial charge in [-0.25, -0.2) is 0 Å². The molecule has 2 aliphatic rings. The zero-order valence-corrected chi connectivity index (χ0v) is 18.4. The summed E-state index contributed by atoms with van der Waals surface area (Å²) in [6.07, 6.45) is 0. The number of rotatable bonds is 6. The number of anilines is 1. The van der Waals surface area contributed by atoms with Crippen molar-refractivity contribution >= 4 is 28.5 Å². The number of phenolic OH excluding ortho intramolecular Hbond substituents is 2. The van der Waals surface area contributed by atoms with Gasteiger partial charge in [-0.15, -0.1) is 0 Å². The van der Waals surface area contributed by atoms with Gasteiger partial charge in [0.1, 0.15) is 24.6 Å². The lowest BCUT2D eigenvalue weighted by molar-refractivity contribution is -0.136. The molecule has 2 aromatic rings. The van der Waals surface area contributed by atoms with Crippen molar-refractivity contribution in [1.29, 1.82) is 0 Å². The molecular weight excluding hydrogens is 440 g/mol. The number of nitrogens with zero attached hydrogens (tertiary/aromatic N) is 2. The first-order valence-corrected chi connectivity index (χ1v) is 10.3. The van der Waals surface area contributed by atoms with Crippen molar-refractivity contribution in [2.75, 3.05) is 18.0 Å². The maximum atomic E-state index is 12.1. The van der Waals surface area contributed by atoms with Gasteiger partial charge >= 0.3 is 11.9 Å². The van der Waals surface area contributed by atoms with Crippen molar-refractivity contribution < 1.29 is 30.0 Å². The topological polar surface area (TPSA) is 140 Å². The number of hydrogen-bond donors (Lipinski definition) is 4. The Bertz CT molecular complexity index is 1470. The van der Waals surface area contributed by atoms with Crippen LogP contribution in [0.25, 0.3) is 33.3 Å². The molecule has 4 N–H and O–H groups in total. The normalized spacial score (nSPS) is 11.1. The van der Waals surface area contributed by atoms with E-state index in [9.17, 15) is 34.8 Å². The molecule has 0 spiro atoms. The molecule has 0 aromatic heterocycles. The summed E-state index contributed by atoms with van der Waals surface area (Å²) in [5, 5.41) is 40.1. The van der Waals surface area contributed by atoms with Crippen LogP contribution in [0.3, 0.4) is 0 Å². The highest BCUT2D eigenvalue weighted by Gasteiger charge is 2.23. The number of fused-ring (bicyclic) bond motifs is 2. The van der Waals surface area contributed by atoms with E-state index in [1.807, 2.05) is 0 Å². The molecule has 0 atom stereocenters. The summed E-state index contributed by atoms with van der Waals surface area (Å²) in [7, 11) is 1.79. The first-order chi connectivity index (χ1) is 16.1. The minimum atomic E-state index is -1.23. The van der Waals surface area contributed by atoms with Gasteiger partial charge in [-0.2, -0.15) is 0 Å². The molecule has 4 rings (SSSR count). The lowest BCUT2D eigenvalue weighted by Gasteiger charge is -2.25. The molecular formula is C25H22N2O7. The minimum absolute atomic E-state index is 0.0552. The van der Waals surface area contributed by atoms with Crippen molar-refractivity contribution in [3.63, 3.8) is 0 Å². The van der Waals surface area contributed by atoms with E-state index in [1.54, 1.807) is 48.9 Å². The summed E-state index contributed by atoms with van der Waals surface area (Å²) in [6.45, 7) is 0.569. The summed E-state index contributed by atoms with van der Waals surface area (Å²) in [6, 6.07) is 12.5. The molecule has 9 heteroatoms. The number of aliphatic carboxylic acids is 2. The van der Waals surface area contributed by atoms with Gasteiger partial charge in [0.2, 0.25) is 0 Å². The summed E-state index contributed by atoms with van der Waals surface area (Å²) in [4.78, 5) is 35.7. The highest BCUT2D eigenvalue weighted by Crippen LogP contribution is 2.44. The number of carboxylic acids is 2. The molecule has 34 heavy (non-hydrogen) atoms. The summed E-state index contributed by atoms with van der Waals surface area (Å²) >= 11 is 0. The average Bonchev–Trinajstić information content (AvgIpc) is 2.75. The smallest absolute Gasteiger partial charge is 0.323 e. The molecule has 1 aliphatic heterocycles. The fourth-order valence-corrected chi connectivity index (χ4v) is 4.33. The van der Waals surface area contributed by atoms with Crippen LogP contribution in [-0.2, 0) is 16.6 Å². The molecule has 0 unspecified atom stereocenters. The highest BCUT2D eigenvalue weighted by atomic mass is 16.4. The number of aryl methyl sites for hydroxylation is 2. The summed E-state index contributed by atoms with van der Waals surface area (Å²) in [5.74, 6) is -2.69. The Kier molecular flexibility index (Phi) is 5.62. The monoisotopic (exact) mass is 462 g/mol. The van der Waals surface area contributed by atoms with Crippen LogP contribution in [0.4, 0.5) is 5.69 Å². The molecule has 0 amide bonds. The van der Waals surface area contributed by atoms with Crippen LogP contribution >= 0.6 is 0 Å². The Hall–Kier alpha value is -4.53. The predicted molar refractivity (Wildman–Crippen MR) is 127 cm³/mol. The zero-order valence-electron chi connectivity index (χ0n) is 18.4. The van der Waals surface area contributed by atoms with E-state index in [2.05, 4.69) is 0 Å². The van der Waals surface area contributed by atoms with Crippen LogP contribution in [0.15, 0.2) is 53.3 Å². The first-order valence-electron chi connectivity index (χ1n) is 10.3. The van der Waals surface area contributed by atoms with Crippen molar-refractivity contribution in [3.8, 4) is 33.9 Å². The lowest BCUT2D eigenvalue weighted by Crippen LogP contribution is -2.34. The van der Waals surface area contributed by atoms with Crippen LogP contribution in [0.1, 0.15) is 5.56 Å². The second-order valence-electron chi connectivity index (χ2n) is 8.11. The number of pyridine rings is 1. The standard InChI is InChI=1S/C25H22N2O7/c1-13-7-21(27(11-23(31)32)12-24(33)34)22(30)10-18(13)25-16-5-3-14(28)8-19(16)26(2)20-9-15(29)4-6-17(20)25/h3-10,28,30H,11-12H2,1-2H3,(H,31,32)(H,33,34). The van der Waals surface area contributed by atoms with Gasteiger partial charge in [-0.1, -0.05) is 0 Å². The van der Waals surface area contributed by atoms with E-state index in [-0.39, 0.29) is 22.6 Å². The van der Waals surface area contributed by atoms with E-state index in [0.717, 1.165) is 15.8 Å². The Morgan fingerprint density at radius 1 is 0.912 bits per heavy atom. The molecule has 0 bridgehead atoms. The third-order valence-corrected chi connectivity index (χ3v) is 5.80. The largest absolute Gasteiger partial charge is 0.508 e. The van der Waals surface area contributed by atoms with Crippen LogP contribution in [0, 0.1) is 6.92 Å². The fourth-order valence-electron chi connectivity index (χ4n) is 4.33. The van der Waals surface area contributed by atoms with Gasteiger partial charge in [-0.05, 0) is 54.4 Å². The van der Waals surface area contributed by atoms with Crippen LogP contribution < -0.4 is 10.3 Å². The minimum Gasteiger partial charge on any atom is -0.508 e. The lowest BCUT2D eigenvalue weighted by atomic mass is 9.89. The first kappa shape index (κ1) is 22.7. The average molecular weight is 462 g/mol. The van der Waals surface area contributed by atoms with Crippen molar-refractivity contribution in [2.24, 2.45) is 7.05 Å². The van der Waals surface area contributed by atoms with E-state index in [4.69, 9.17) is 0 Å². The van der Waals surface area contributed by atoms with E-state index < -0.39 is 25.0 Å². The second kappa shape index (κ2) is 8.43. The molecule has 1 aliphatic carbocycles. The molecule has 0 radical (unpaired) electrons. The predicted octanol–water partition coefficient (Wildman–Crippen LogP) is 3.01. The Morgan fingerprint density at radius 3 is 2.24 bits per heavy atom. The maximum Gasteiger partial charge on any atom is 0.323 e. The van der Waals surface area contributed by atoms with Gasteiger partial charge in [-0.3, -0.25) is 14.4 Å². The molecule has 0 saturated heterocycles. The summed E-state index contributed by atoms with van der Waals surface area (Å²) < 4.78 is 1.81. The quantitative estimate of drug-likeness (QED) is 0.321. The number of carboxylic acid groups (broad SMARTS) is 2. The highest BCUT2D eigenvalue weighted by molar-refractivity contribution is 6.05. The van der Waals surface area contributed by atoms with Gasteiger partial charge in [0, 0.05) is 35.7 Å². The van der Waals surface area contributed by atoms with Gasteiger partial charge in [0.05, 0.1) is 16.9 Å². The van der Waals surface area contributed by atoms with Crippen LogP contribution in [0.5, 0.6) is 11.5 Å². The Morgan fingerprint density at radius 2 is 1.59 bits per heavy atom. The Balaban J connectivity index is 2.02. The van der Waals surface area contributed by atoms with E-state index >= 15 is 0 Å². The fraction of sp³-hybridized carbons (Fsp3) is 0.160. The SMILES string of the molecule is Cc1cc(N(CC(=O)O)CC(=O)O)c(O)cc1-c1c2ccc(=O)cc-2n(C)c2cc(O)ccc12. The molecule has 1 heterocycles. The van der Waals surface area contributed by atoms with Gasteiger partial charge in [0.15, 0.2) is 5.43 Å². The third kappa shape index (κ3) is 3.99. The number of aromatic nitrogens is 1. The van der Waals surface area contributed by atoms with Gasteiger partial charge in [0.25, 0.3) is 0 Å². The third-order valence-electron chi connectivity index (χ3n) is 5.80. The molecule has 9 nitrogen and oxygen atoms in total.